The Morgan fingerprint density at radius 2 is 2.35 bits per heavy atom. The average Bonchev–Trinajstić information content (AvgIpc) is 2.86. The molecule has 1 aliphatic heterocycles. The number of piperidine rings is 1. The van der Waals surface area contributed by atoms with E-state index in [1.165, 1.54) is 35.4 Å². The topological polar surface area (TPSA) is 31.9 Å². The minimum absolute atomic E-state index is 0.645. The second kappa shape index (κ2) is 4.78. The van der Waals surface area contributed by atoms with Gasteiger partial charge in [-0.15, -0.1) is 0 Å². The molecule has 3 nitrogen and oxygen atoms in total. The van der Waals surface area contributed by atoms with Gasteiger partial charge in [0.15, 0.2) is 0 Å². The Balaban J connectivity index is 1.79. The van der Waals surface area contributed by atoms with E-state index in [4.69, 9.17) is 0 Å². The number of nitrogens with zero attached hydrogens (tertiary/aromatic N) is 2. The van der Waals surface area contributed by atoms with Crippen molar-refractivity contribution in [3.05, 3.63) is 29.5 Å². The number of hydrogen-bond donors (Lipinski definition) is 1. The Kier molecular flexibility index (Phi) is 3.04. The molecule has 2 aromatic rings. The van der Waals surface area contributed by atoms with Crippen LogP contribution in [0.2, 0.25) is 0 Å². The predicted octanol–water partition coefficient (Wildman–Crippen LogP) is 2.89. The minimum Gasteiger partial charge on any atom is -0.302 e. The van der Waals surface area contributed by atoms with Gasteiger partial charge in [0.2, 0.25) is 0 Å². The molecule has 4 heteroatoms. The molecule has 106 valence electrons. The Morgan fingerprint density at radius 1 is 1.45 bits per heavy atom. The lowest BCUT2D eigenvalue weighted by Gasteiger charge is -2.45. The van der Waals surface area contributed by atoms with Gasteiger partial charge in [-0.25, -0.2) is 0 Å². The van der Waals surface area contributed by atoms with Crippen LogP contribution in [-0.4, -0.2) is 46.7 Å². The fraction of sp³-hybridized carbons (Fsp3) is 0.562. The van der Waals surface area contributed by atoms with Crippen LogP contribution >= 0.6 is 11.8 Å². The fourth-order valence-corrected chi connectivity index (χ4v) is 4.97. The zero-order valence-electron chi connectivity index (χ0n) is 12.1. The summed E-state index contributed by atoms with van der Waals surface area (Å²) < 4.78 is 0. The highest BCUT2D eigenvalue weighted by Crippen LogP contribution is 2.43. The van der Waals surface area contributed by atoms with E-state index in [1.54, 1.807) is 0 Å². The van der Waals surface area contributed by atoms with Crippen LogP contribution in [0.3, 0.4) is 0 Å². The first-order valence-corrected chi connectivity index (χ1v) is 8.82. The van der Waals surface area contributed by atoms with Gasteiger partial charge in [-0.3, -0.25) is 5.10 Å². The summed E-state index contributed by atoms with van der Waals surface area (Å²) >= 11 is 1.98. The number of hydrogen-bond acceptors (Lipinski definition) is 3. The Bertz CT molecular complexity index is 636. The van der Waals surface area contributed by atoms with Gasteiger partial charge < -0.3 is 4.90 Å². The quantitative estimate of drug-likeness (QED) is 0.921. The summed E-state index contributed by atoms with van der Waals surface area (Å²) in [6.45, 7) is 1.24. The molecule has 1 N–H and O–H groups in total. The van der Waals surface area contributed by atoms with Crippen molar-refractivity contribution in [3.63, 3.8) is 0 Å². The third kappa shape index (κ3) is 1.81. The summed E-state index contributed by atoms with van der Waals surface area (Å²) in [5.41, 5.74) is 4.01. The summed E-state index contributed by atoms with van der Waals surface area (Å²) in [7, 11) is 2.30. The first-order chi connectivity index (χ1) is 9.78. The van der Waals surface area contributed by atoms with Crippen molar-refractivity contribution in [1.82, 2.24) is 15.1 Å². The van der Waals surface area contributed by atoms with Crippen molar-refractivity contribution < 1.29 is 0 Å². The zero-order valence-corrected chi connectivity index (χ0v) is 12.9. The monoisotopic (exact) mass is 287 g/mol. The molecule has 2 heterocycles. The van der Waals surface area contributed by atoms with Crippen molar-refractivity contribution in [1.29, 1.82) is 0 Å². The van der Waals surface area contributed by atoms with E-state index in [-0.39, 0.29) is 0 Å². The van der Waals surface area contributed by atoms with Gasteiger partial charge in [0.25, 0.3) is 0 Å². The third-order valence-electron chi connectivity index (χ3n) is 5.07. The molecule has 4 rings (SSSR count). The van der Waals surface area contributed by atoms with Gasteiger partial charge in [-0.05, 0) is 43.0 Å². The van der Waals surface area contributed by atoms with Crippen molar-refractivity contribution in [2.45, 2.75) is 24.8 Å². The van der Waals surface area contributed by atoms with Crippen LogP contribution in [0.15, 0.2) is 18.2 Å². The third-order valence-corrected chi connectivity index (χ3v) is 5.87. The Morgan fingerprint density at radius 3 is 3.20 bits per heavy atom. The van der Waals surface area contributed by atoms with Crippen molar-refractivity contribution in [2.24, 2.45) is 5.92 Å². The van der Waals surface area contributed by atoms with Gasteiger partial charge in [0, 0.05) is 36.0 Å². The van der Waals surface area contributed by atoms with Crippen molar-refractivity contribution in [2.75, 3.05) is 25.6 Å². The van der Waals surface area contributed by atoms with E-state index < -0.39 is 0 Å². The number of thioether (sulfide) groups is 1. The molecule has 20 heavy (non-hydrogen) atoms. The highest BCUT2D eigenvalue weighted by Gasteiger charge is 2.39. The van der Waals surface area contributed by atoms with Crippen LogP contribution < -0.4 is 0 Å². The van der Waals surface area contributed by atoms with Gasteiger partial charge in [-0.1, -0.05) is 12.1 Å². The predicted molar refractivity (Wildman–Crippen MR) is 85.4 cm³/mol. The summed E-state index contributed by atoms with van der Waals surface area (Å²) in [6, 6.07) is 7.27. The lowest BCUT2D eigenvalue weighted by molar-refractivity contribution is 0.120. The molecule has 3 unspecified atom stereocenters. The maximum Gasteiger partial charge on any atom is 0.0926 e. The van der Waals surface area contributed by atoms with E-state index in [2.05, 4.69) is 46.6 Å². The van der Waals surface area contributed by atoms with Crippen molar-refractivity contribution >= 4 is 22.7 Å². The molecule has 2 aliphatic rings. The highest BCUT2D eigenvalue weighted by molar-refractivity contribution is 7.98. The van der Waals surface area contributed by atoms with Gasteiger partial charge in [-0.2, -0.15) is 16.9 Å². The van der Waals surface area contributed by atoms with E-state index in [0.29, 0.717) is 12.0 Å². The van der Waals surface area contributed by atoms with Gasteiger partial charge in [0.1, 0.15) is 0 Å². The molecule has 1 aliphatic carbocycles. The molecular weight excluding hydrogens is 266 g/mol. The number of nitrogens with one attached hydrogen (secondary N) is 1. The number of benzene rings is 1. The summed E-state index contributed by atoms with van der Waals surface area (Å²) in [4.78, 5) is 2.58. The smallest absolute Gasteiger partial charge is 0.0926 e. The highest BCUT2D eigenvalue weighted by atomic mass is 32.2. The largest absolute Gasteiger partial charge is 0.302 e. The standard InChI is InChI=1S/C16H21N3S/c1-19-8-10(9-20-2)6-12-11-4-3-5-13-16(11)14(18-17-13)7-15(12)19/h3-5,10,12,15H,6-9H2,1-2H3,(H,17,18). The second-order valence-corrected chi connectivity index (χ2v) is 7.23. The lowest BCUT2D eigenvalue weighted by atomic mass is 9.73. The number of likely N-dealkylation sites (N-methyl/N-ethyl adjacent to an activating group) is 1. The minimum atomic E-state index is 0.645. The number of H-pyrrole nitrogens is 1. The second-order valence-electron chi connectivity index (χ2n) is 6.32. The summed E-state index contributed by atoms with van der Waals surface area (Å²) in [5.74, 6) is 2.78. The molecule has 0 spiro atoms. The molecule has 0 radical (unpaired) electrons. The summed E-state index contributed by atoms with van der Waals surface area (Å²) in [6.07, 6.45) is 4.68. The normalized spacial score (nSPS) is 29.6. The SMILES string of the molecule is CSCC1CC2c3cccc4n[nH]c(c34)CC2N(C)C1. The first-order valence-electron chi connectivity index (χ1n) is 7.43. The van der Waals surface area contributed by atoms with Gasteiger partial charge in [0.05, 0.1) is 5.52 Å². The number of rotatable bonds is 2. The van der Waals surface area contributed by atoms with Crippen molar-refractivity contribution in [3.8, 4) is 0 Å². The van der Waals surface area contributed by atoms with Crippen LogP contribution in [0, 0.1) is 5.92 Å². The fourth-order valence-electron chi connectivity index (χ4n) is 4.26. The first kappa shape index (κ1) is 12.7. The number of likely N-dealkylation sites (tertiary alicyclic amines) is 1. The average molecular weight is 287 g/mol. The number of aromatic nitrogens is 2. The summed E-state index contributed by atoms with van der Waals surface area (Å²) in [5, 5.41) is 9.15. The van der Waals surface area contributed by atoms with Crippen LogP contribution in [-0.2, 0) is 6.42 Å². The molecule has 0 amide bonds. The molecule has 1 saturated heterocycles. The van der Waals surface area contributed by atoms with Crippen LogP contribution in [0.1, 0.15) is 23.6 Å². The van der Waals surface area contributed by atoms with E-state index in [9.17, 15) is 0 Å². The maximum atomic E-state index is 4.48. The number of aromatic amines is 1. The molecule has 1 fully saturated rings. The van der Waals surface area contributed by atoms with Crippen LogP contribution in [0.5, 0.6) is 0 Å². The number of fused-ring (bicyclic) bond motifs is 2. The molecule has 3 atom stereocenters. The Labute approximate surface area is 124 Å². The van der Waals surface area contributed by atoms with Crippen LogP contribution in [0.25, 0.3) is 10.9 Å². The molecule has 0 saturated carbocycles. The molecule has 1 aromatic heterocycles. The Hall–Kier alpha value is -1.00. The van der Waals surface area contributed by atoms with E-state index in [0.717, 1.165) is 17.9 Å². The van der Waals surface area contributed by atoms with Crippen LogP contribution in [0.4, 0.5) is 0 Å². The zero-order chi connectivity index (χ0) is 13.7. The van der Waals surface area contributed by atoms with E-state index in [1.807, 2.05) is 11.8 Å². The van der Waals surface area contributed by atoms with Gasteiger partial charge >= 0.3 is 0 Å². The molecule has 0 bridgehead atoms. The van der Waals surface area contributed by atoms with E-state index >= 15 is 0 Å². The molecular formula is C16H21N3S. The maximum absolute atomic E-state index is 4.48. The lowest BCUT2D eigenvalue weighted by Crippen LogP contribution is -2.48. The molecule has 1 aromatic carbocycles.